The molecule has 2 aromatic rings. The molecule has 2 aromatic carbocycles. The number of hydrogen-bond donors (Lipinski definition) is 0. The van der Waals surface area contributed by atoms with Crippen LogP contribution < -0.4 is 5.11 Å². The molecule has 0 amide bonds. The normalized spacial score (nSPS) is 11.0. The Kier molecular flexibility index (Phi) is 4.55. The summed E-state index contributed by atoms with van der Waals surface area (Å²) < 4.78 is 0. The monoisotopic (exact) mass is 303 g/mol. The van der Waals surface area contributed by atoms with Crippen LogP contribution in [-0.4, -0.2) is 11.1 Å². The van der Waals surface area contributed by atoms with E-state index in [1.54, 1.807) is 0 Å². The van der Waals surface area contributed by atoms with Crippen LogP contribution in [0.25, 0.3) is 0 Å². The smallest absolute Gasteiger partial charge is 0.263 e. The third-order valence-electron chi connectivity index (χ3n) is 3.01. The summed E-state index contributed by atoms with van der Waals surface area (Å²) in [6.45, 7) is 2.36. The van der Waals surface area contributed by atoms with Gasteiger partial charge < -0.3 is 5.11 Å². The Morgan fingerprint density at radius 2 is 2.05 bits per heavy atom. The fraction of sp³-hybridized carbons (Fsp3) is 0.133. The molecular weight excluding hydrogens is 292 g/mol. The average molecular weight is 304 g/mol. The molecule has 0 bridgehead atoms. The van der Waals surface area contributed by atoms with Gasteiger partial charge in [-0.15, -0.1) is 0 Å². The minimum Gasteiger partial charge on any atom is -0.867 e. The second-order valence-electron chi connectivity index (χ2n) is 4.50. The lowest BCUT2D eigenvalue weighted by Gasteiger charge is -2.10. The highest BCUT2D eigenvalue weighted by Crippen LogP contribution is 2.30. The zero-order valence-electron chi connectivity index (χ0n) is 11.2. The maximum absolute atomic E-state index is 11.9. The lowest BCUT2D eigenvalue weighted by Crippen LogP contribution is -2.02. The van der Waals surface area contributed by atoms with Gasteiger partial charge in [0.05, 0.1) is 11.5 Å². The number of aliphatic imine (C=N–C) groups is 1. The summed E-state index contributed by atoms with van der Waals surface area (Å²) in [6, 6.07) is 10.2. The van der Waals surface area contributed by atoms with Crippen molar-refractivity contribution in [3.05, 3.63) is 68.2 Å². The van der Waals surface area contributed by atoms with E-state index in [1.807, 2.05) is 31.2 Å². The molecule has 6 heteroatoms. The maximum Gasteiger partial charge on any atom is 0.263 e. The highest BCUT2D eigenvalue weighted by Gasteiger charge is 2.11. The summed E-state index contributed by atoms with van der Waals surface area (Å²) in [5, 5.41) is 22.8. The van der Waals surface area contributed by atoms with Crippen molar-refractivity contribution in [2.75, 3.05) is 0 Å². The Hall–Kier alpha value is -2.40. The van der Waals surface area contributed by atoms with Crippen molar-refractivity contribution in [1.29, 1.82) is 0 Å². The van der Waals surface area contributed by atoms with Crippen LogP contribution in [0.2, 0.25) is 5.02 Å². The van der Waals surface area contributed by atoms with E-state index >= 15 is 0 Å². The SMILES string of the molecule is Cc1ccccc1CN=Cc1cc(Cl)cc([N+](=O)[O-])c1[O-]. The quantitative estimate of drug-likeness (QED) is 0.494. The summed E-state index contributed by atoms with van der Waals surface area (Å²) in [5.41, 5.74) is 1.69. The molecule has 21 heavy (non-hydrogen) atoms. The third-order valence-corrected chi connectivity index (χ3v) is 3.23. The van der Waals surface area contributed by atoms with E-state index in [4.69, 9.17) is 11.6 Å². The molecule has 0 unspecified atom stereocenters. The molecule has 0 saturated heterocycles. The van der Waals surface area contributed by atoms with Crippen LogP contribution in [0.1, 0.15) is 16.7 Å². The van der Waals surface area contributed by atoms with Gasteiger partial charge in [0.1, 0.15) is 0 Å². The first-order valence-corrected chi connectivity index (χ1v) is 6.56. The molecule has 0 aliphatic carbocycles. The highest BCUT2D eigenvalue weighted by atomic mass is 35.5. The van der Waals surface area contributed by atoms with Crippen LogP contribution in [0.3, 0.4) is 0 Å². The first kappa shape index (κ1) is 15.0. The molecule has 108 valence electrons. The lowest BCUT2D eigenvalue weighted by molar-refractivity contribution is -0.398. The molecule has 0 spiro atoms. The van der Waals surface area contributed by atoms with Gasteiger partial charge >= 0.3 is 0 Å². The van der Waals surface area contributed by atoms with Gasteiger partial charge in [-0.05, 0) is 35.4 Å². The summed E-state index contributed by atoms with van der Waals surface area (Å²) >= 11 is 5.78. The molecule has 0 N–H and O–H groups in total. The van der Waals surface area contributed by atoms with Gasteiger partial charge in [0.15, 0.2) is 0 Å². The van der Waals surface area contributed by atoms with Crippen molar-refractivity contribution in [3.8, 4) is 5.75 Å². The second kappa shape index (κ2) is 6.37. The van der Waals surface area contributed by atoms with Crippen LogP contribution in [-0.2, 0) is 6.54 Å². The van der Waals surface area contributed by atoms with E-state index in [9.17, 15) is 15.2 Å². The number of aryl methyl sites for hydroxylation is 1. The summed E-state index contributed by atoms with van der Waals surface area (Å²) in [4.78, 5) is 14.2. The molecule has 0 heterocycles. The summed E-state index contributed by atoms with van der Waals surface area (Å²) in [6.07, 6.45) is 1.33. The lowest BCUT2D eigenvalue weighted by atomic mass is 10.1. The van der Waals surface area contributed by atoms with Gasteiger partial charge in [0, 0.05) is 17.3 Å². The Morgan fingerprint density at radius 3 is 2.71 bits per heavy atom. The molecule has 5 nitrogen and oxygen atoms in total. The molecule has 0 saturated carbocycles. The molecule has 0 fully saturated rings. The average Bonchev–Trinajstić information content (AvgIpc) is 2.44. The Balaban J connectivity index is 2.26. The molecule has 0 aliphatic rings. The van der Waals surface area contributed by atoms with Crippen molar-refractivity contribution in [3.63, 3.8) is 0 Å². The Labute approximate surface area is 126 Å². The Morgan fingerprint density at radius 1 is 1.33 bits per heavy atom. The minimum absolute atomic E-state index is 0.114. The predicted molar refractivity (Wildman–Crippen MR) is 80.0 cm³/mol. The van der Waals surface area contributed by atoms with E-state index in [0.29, 0.717) is 6.54 Å². The number of hydrogen-bond acceptors (Lipinski definition) is 4. The van der Waals surface area contributed by atoms with Crippen molar-refractivity contribution < 1.29 is 10.0 Å². The fourth-order valence-corrected chi connectivity index (χ4v) is 2.08. The van der Waals surface area contributed by atoms with Crippen LogP contribution in [0.15, 0.2) is 41.4 Å². The summed E-state index contributed by atoms with van der Waals surface area (Å²) in [5.74, 6) is -0.682. The third kappa shape index (κ3) is 3.58. The molecule has 0 atom stereocenters. The van der Waals surface area contributed by atoms with Crippen molar-refractivity contribution >= 4 is 23.5 Å². The predicted octanol–water partition coefficient (Wildman–Crippen LogP) is 3.25. The van der Waals surface area contributed by atoms with Gasteiger partial charge in [-0.1, -0.05) is 35.9 Å². The maximum atomic E-state index is 11.9. The van der Waals surface area contributed by atoms with Crippen LogP contribution in [0.4, 0.5) is 5.69 Å². The molecular formula is C15H12ClN2O3-. The summed E-state index contributed by atoms with van der Waals surface area (Å²) in [7, 11) is 0. The Bertz CT molecular complexity index is 714. The highest BCUT2D eigenvalue weighted by molar-refractivity contribution is 6.31. The van der Waals surface area contributed by atoms with Gasteiger partial charge in [-0.25, -0.2) is 0 Å². The zero-order valence-corrected chi connectivity index (χ0v) is 12.0. The molecule has 2 rings (SSSR count). The van der Waals surface area contributed by atoms with Crippen LogP contribution in [0.5, 0.6) is 5.75 Å². The van der Waals surface area contributed by atoms with Gasteiger partial charge in [0.2, 0.25) is 0 Å². The van der Waals surface area contributed by atoms with E-state index in [-0.39, 0.29) is 10.6 Å². The number of nitrogens with zero attached hydrogens (tertiary/aromatic N) is 2. The standard InChI is InChI=1S/C15H13ClN2O3/c1-10-4-2-3-5-11(10)8-17-9-12-6-13(16)7-14(15(12)19)18(20)21/h2-7,9,19H,8H2,1H3/p-1. The number of nitro benzene ring substituents is 1. The number of halogens is 1. The van der Waals surface area contributed by atoms with Gasteiger partial charge in [0.25, 0.3) is 5.69 Å². The zero-order chi connectivity index (χ0) is 15.4. The number of benzene rings is 2. The number of rotatable bonds is 4. The largest absolute Gasteiger partial charge is 0.867 e. The van der Waals surface area contributed by atoms with E-state index in [1.165, 1.54) is 12.3 Å². The number of nitro groups is 1. The topological polar surface area (TPSA) is 78.6 Å². The second-order valence-corrected chi connectivity index (χ2v) is 4.93. The van der Waals surface area contributed by atoms with E-state index in [0.717, 1.165) is 17.2 Å². The van der Waals surface area contributed by atoms with Crippen LogP contribution >= 0.6 is 11.6 Å². The van der Waals surface area contributed by atoms with Crippen molar-refractivity contribution in [2.24, 2.45) is 4.99 Å². The van der Waals surface area contributed by atoms with Gasteiger partial charge in [-0.3, -0.25) is 15.1 Å². The molecule has 0 aromatic heterocycles. The first-order chi connectivity index (χ1) is 9.99. The van der Waals surface area contributed by atoms with Crippen molar-refractivity contribution in [1.82, 2.24) is 0 Å². The van der Waals surface area contributed by atoms with Crippen molar-refractivity contribution in [2.45, 2.75) is 13.5 Å². The molecule has 0 aliphatic heterocycles. The van der Waals surface area contributed by atoms with Gasteiger partial charge in [-0.2, -0.15) is 0 Å². The first-order valence-electron chi connectivity index (χ1n) is 6.18. The fourth-order valence-electron chi connectivity index (χ4n) is 1.86. The molecule has 0 radical (unpaired) electrons. The van der Waals surface area contributed by atoms with Crippen LogP contribution in [0, 0.1) is 17.0 Å². The minimum atomic E-state index is -0.743. The van der Waals surface area contributed by atoms with E-state index < -0.39 is 16.4 Å². The van der Waals surface area contributed by atoms with E-state index in [2.05, 4.69) is 4.99 Å².